The van der Waals surface area contributed by atoms with E-state index in [1.54, 1.807) is 4.68 Å². The molecule has 0 saturated heterocycles. The van der Waals surface area contributed by atoms with E-state index >= 15 is 0 Å². The summed E-state index contributed by atoms with van der Waals surface area (Å²) >= 11 is 0. The zero-order chi connectivity index (χ0) is 21.0. The fourth-order valence-electron chi connectivity index (χ4n) is 4.11. The van der Waals surface area contributed by atoms with Crippen molar-refractivity contribution >= 4 is 17.0 Å². The molecule has 3 aromatic heterocycles. The Bertz CT molecular complexity index is 1240. The highest BCUT2D eigenvalue weighted by atomic mass is 15.4. The van der Waals surface area contributed by atoms with Crippen LogP contribution in [-0.2, 0) is 7.05 Å². The molecule has 2 unspecified atom stereocenters. The van der Waals surface area contributed by atoms with Gasteiger partial charge in [0.15, 0.2) is 5.82 Å². The summed E-state index contributed by atoms with van der Waals surface area (Å²) in [5.74, 6) is 4.71. The van der Waals surface area contributed by atoms with Crippen molar-refractivity contribution in [3.8, 4) is 5.82 Å². The smallest absolute Gasteiger partial charge is 0.225 e. The average molecular weight is 403 g/mol. The van der Waals surface area contributed by atoms with Gasteiger partial charge in [-0.15, -0.1) is 5.10 Å². The van der Waals surface area contributed by atoms with E-state index in [1.807, 2.05) is 26.0 Å². The Balaban J connectivity index is 1.53. The van der Waals surface area contributed by atoms with Crippen LogP contribution in [0, 0.1) is 13.8 Å². The molecule has 1 saturated carbocycles. The van der Waals surface area contributed by atoms with E-state index in [1.165, 1.54) is 0 Å². The number of hydrogen-bond acceptors (Lipinski definition) is 6. The van der Waals surface area contributed by atoms with Crippen LogP contribution in [0.15, 0.2) is 30.3 Å². The second kappa shape index (κ2) is 6.90. The third-order valence-corrected chi connectivity index (χ3v) is 5.57. The number of aryl methyl sites for hydroxylation is 3. The topological polar surface area (TPSA) is 86.3 Å². The summed E-state index contributed by atoms with van der Waals surface area (Å²) in [5.41, 5.74) is 3.23. The highest BCUT2D eigenvalue weighted by molar-refractivity contribution is 5.76. The Morgan fingerprint density at radius 3 is 2.53 bits per heavy atom. The van der Waals surface area contributed by atoms with Gasteiger partial charge in [0.05, 0.1) is 16.7 Å². The standard InChI is InChI=1S/C22H26N8/c1-12(2)23-22-26-18(11-20(27-22)30-14(4)24-13(3)28-30)15-10-16(15)21-25-17-8-6-7-9-19(17)29(21)5/h6-9,11-12,15-16H,10H2,1-5H3,(H,23,26,27). The molecule has 1 aliphatic carbocycles. The van der Waals surface area contributed by atoms with Gasteiger partial charge in [-0.3, -0.25) is 0 Å². The lowest BCUT2D eigenvalue weighted by Gasteiger charge is -2.12. The Morgan fingerprint density at radius 2 is 1.83 bits per heavy atom. The summed E-state index contributed by atoms with van der Waals surface area (Å²) in [6, 6.07) is 10.6. The van der Waals surface area contributed by atoms with E-state index in [4.69, 9.17) is 15.0 Å². The fourth-order valence-corrected chi connectivity index (χ4v) is 4.11. The first kappa shape index (κ1) is 18.7. The van der Waals surface area contributed by atoms with Crippen molar-refractivity contribution in [1.29, 1.82) is 0 Å². The van der Waals surface area contributed by atoms with Crippen LogP contribution in [0.4, 0.5) is 5.95 Å². The molecule has 3 heterocycles. The summed E-state index contributed by atoms with van der Waals surface area (Å²) in [6.07, 6.45) is 1.03. The number of aromatic nitrogens is 7. The minimum atomic E-state index is 0.238. The lowest BCUT2D eigenvalue weighted by molar-refractivity contribution is 0.772. The molecule has 8 heteroatoms. The fraction of sp³-hybridized carbons (Fsp3) is 0.409. The molecule has 2 atom stereocenters. The molecule has 0 spiro atoms. The molecule has 1 fully saturated rings. The quantitative estimate of drug-likeness (QED) is 0.548. The van der Waals surface area contributed by atoms with Crippen LogP contribution >= 0.6 is 0 Å². The zero-order valence-electron chi connectivity index (χ0n) is 18.0. The van der Waals surface area contributed by atoms with Crippen LogP contribution < -0.4 is 5.32 Å². The Hall–Kier alpha value is -3.29. The number of nitrogens with zero attached hydrogens (tertiary/aromatic N) is 7. The summed E-state index contributed by atoms with van der Waals surface area (Å²) in [7, 11) is 2.10. The number of anilines is 1. The predicted molar refractivity (Wildman–Crippen MR) is 116 cm³/mol. The lowest BCUT2D eigenvalue weighted by Crippen LogP contribution is -2.15. The van der Waals surface area contributed by atoms with E-state index in [0.717, 1.165) is 46.4 Å². The third-order valence-electron chi connectivity index (χ3n) is 5.57. The Kier molecular flexibility index (Phi) is 4.30. The minimum absolute atomic E-state index is 0.238. The van der Waals surface area contributed by atoms with Gasteiger partial charge in [-0.25, -0.2) is 15.0 Å². The van der Waals surface area contributed by atoms with Crippen LogP contribution in [0.3, 0.4) is 0 Å². The van der Waals surface area contributed by atoms with Crippen LogP contribution in [0.25, 0.3) is 16.9 Å². The van der Waals surface area contributed by atoms with Gasteiger partial charge in [-0.05, 0) is 46.2 Å². The number of para-hydroxylation sites is 2. The number of rotatable bonds is 5. The van der Waals surface area contributed by atoms with E-state index in [-0.39, 0.29) is 6.04 Å². The average Bonchev–Trinajstić information content (AvgIpc) is 3.32. The number of benzene rings is 1. The largest absolute Gasteiger partial charge is 0.352 e. The number of nitrogens with one attached hydrogen (secondary N) is 1. The van der Waals surface area contributed by atoms with Gasteiger partial charge < -0.3 is 9.88 Å². The zero-order valence-corrected chi connectivity index (χ0v) is 18.0. The summed E-state index contributed by atoms with van der Waals surface area (Å²) in [4.78, 5) is 18.9. The first-order chi connectivity index (χ1) is 14.4. The number of hydrogen-bond donors (Lipinski definition) is 1. The second-order valence-corrected chi connectivity index (χ2v) is 8.36. The van der Waals surface area contributed by atoms with Gasteiger partial charge in [-0.2, -0.15) is 9.67 Å². The third kappa shape index (κ3) is 3.22. The van der Waals surface area contributed by atoms with Gasteiger partial charge in [0.2, 0.25) is 5.95 Å². The first-order valence-electron chi connectivity index (χ1n) is 10.4. The molecular weight excluding hydrogens is 376 g/mol. The molecule has 0 bridgehead atoms. The molecule has 5 rings (SSSR count). The molecule has 1 aliphatic rings. The van der Waals surface area contributed by atoms with Crippen molar-refractivity contribution in [1.82, 2.24) is 34.3 Å². The second-order valence-electron chi connectivity index (χ2n) is 8.36. The molecular formula is C22H26N8. The van der Waals surface area contributed by atoms with E-state index in [0.29, 0.717) is 17.8 Å². The van der Waals surface area contributed by atoms with Gasteiger partial charge >= 0.3 is 0 Å². The van der Waals surface area contributed by atoms with Crippen molar-refractivity contribution in [2.24, 2.45) is 7.05 Å². The number of fused-ring (bicyclic) bond motifs is 1. The Labute approximate surface area is 175 Å². The molecule has 4 aromatic rings. The first-order valence-corrected chi connectivity index (χ1v) is 10.4. The maximum atomic E-state index is 4.90. The molecule has 0 aliphatic heterocycles. The van der Waals surface area contributed by atoms with Crippen molar-refractivity contribution in [3.05, 3.63) is 53.5 Å². The highest BCUT2D eigenvalue weighted by Gasteiger charge is 2.44. The molecule has 1 aromatic carbocycles. The normalized spacial score (nSPS) is 18.3. The number of imidazole rings is 1. The summed E-state index contributed by atoms with van der Waals surface area (Å²) in [6.45, 7) is 8.00. The molecule has 30 heavy (non-hydrogen) atoms. The van der Waals surface area contributed by atoms with Crippen molar-refractivity contribution < 1.29 is 0 Å². The molecule has 8 nitrogen and oxygen atoms in total. The molecule has 1 N–H and O–H groups in total. The molecule has 154 valence electrons. The minimum Gasteiger partial charge on any atom is -0.352 e. The van der Waals surface area contributed by atoms with Crippen LogP contribution in [0.1, 0.15) is 55.3 Å². The van der Waals surface area contributed by atoms with Gasteiger partial charge in [-0.1, -0.05) is 12.1 Å². The lowest BCUT2D eigenvalue weighted by atomic mass is 10.2. The van der Waals surface area contributed by atoms with Crippen molar-refractivity contribution in [3.63, 3.8) is 0 Å². The maximum absolute atomic E-state index is 4.90. The predicted octanol–water partition coefficient (Wildman–Crippen LogP) is 3.65. The van der Waals surface area contributed by atoms with Gasteiger partial charge in [0, 0.05) is 31.0 Å². The Morgan fingerprint density at radius 1 is 1.03 bits per heavy atom. The van der Waals surface area contributed by atoms with E-state index in [2.05, 4.69) is 59.1 Å². The maximum Gasteiger partial charge on any atom is 0.225 e. The SMILES string of the molecule is Cc1nc(C)n(-c2cc(C3CC3c3nc4ccccc4n3C)nc(NC(C)C)n2)n1. The van der Waals surface area contributed by atoms with Crippen LogP contribution in [0.2, 0.25) is 0 Å². The van der Waals surface area contributed by atoms with E-state index in [9.17, 15) is 0 Å². The van der Waals surface area contributed by atoms with Gasteiger partial charge in [0.25, 0.3) is 0 Å². The van der Waals surface area contributed by atoms with E-state index < -0.39 is 0 Å². The molecule has 0 amide bonds. The van der Waals surface area contributed by atoms with Crippen LogP contribution in [-0.4, -0.2) is 40.3 Å². The van der Waals surface area contributed by atoms with Crippen molar-refractivity contribution in [2.45, 2.75) is 52.0 Å². The van der Waals surface area contributed by atoms with Crippen molar-refractivity contribution in [2.75, 3.05) is 5.32 Å². The monoisotopic (exact) mass is 402 g/mol. The van der Waals surface area contributed by atoms with Gasteiger partial charge in [0.1, 0.15) is 17.5 Å². The van der Waals surface area contributed by atoms with Crippen LogP contribution in [0.5, 0.6) is 0 Å². The molecule has 0 radical (unpaired) electrons. The summed E-state index contributed by atoms with van der Waals surface area (Å²) in [5, 5.41) is 7.86. The highest BCUT2D eigenvalue weighted by Crippen LogP contribution is 2.54. The summed E-state index contributed by atoms with van der Waals surface area (Å²) < 4.78 is 4.00.